The quantitative estimate of drug-likeness (QED) is 0.663. The summed E-state index contributed by atoms with van der Waals surface area (Å²) >= 11 is 1.42. The van der Waals surface area contributed by atoms with Crippen LogP contribution in [-0.4, -0.2) is 39.6 Å². The molecular weight excluding hydrogens is 364 g/mol. The average Bonchev–Trinajstić information content (AvgIpc) is 3.34. The van der Waals surface area contributed by atoms with Gasteiger partial charge in [0.25, 0.3) is 0 Å². The van der Waals surface area contributed by atoms with Crippen molar-refractivity contribution >= 4 is 17.7 Å². The first kappa shape index (κ1) is 19.5. The molecule has 0 radical (unpaired) electrons. The standard InChI is InChI=1S/C19H26N4O3S/c1-3-23-17(12-26-16-10-8-15(25-2)9-11-16)21-22-19(23)27-13-18(24)20-14-6-4-5-7-14/h8-11,14H,3-7,12-13H2,1-2H3,(H,20,24). The normalized spacial score (nSPS) is 14.3. The molecule has 0 bridgehead atoms. The van der Waals surface area contributed by atoms with Crippen molar-refractivity contribution in [3.63, 3.8) is 0 Å². The van der Waals surface area contributed by atoms with Gasteiger partial charge in [-0.15, -0.1) is 10.2 Å². The van der Waals surface area contributed by atoms with E-state index in [-0.39, 0.29) is 5.91 Å². The maximum atomic E-state index is 12.1. The SMILES string of the molecule is CCn1c(COc2ccc(OC)cc2)nnc1SCC(=O)NC1CCCC1. The van der Waals surface area contributed by atoms with Crippen molar-refractivity contribution in [3.05, 3.63) is 30.1 Å². The number of thioether (sulfide) groups is 1. The molecule has 1 heterocycles. The molecule has 3 rings (SSSR count). The number of amides is 1. The zero-order chi connectivity index (χ0) is 19.1. The highest BCUT2D eigenvalue weighted by atomic mass is 32.2. The lowest BCUT2D eigenvalue weighted by atomic mass is 10.2. The van der Waals surface area contributed by atoms with Gasteiger partial charge in [0.15, 0.2) is 11.0 Å². The molecule has 1 N–H and O–H groups in total. The van der Waals surface area contributed by atoms with E-state index in [0.29, 0.717) is 18.4 Å². The van der Waals surface area contributed by atoms with Gasteiger partial charge in [-0.1, -0.05) is 24.6 Å². The highest BCUT2D eigenvalue weighted by Gasteiger charge is 2.18. The van der Waals surface area contributed by atoms with Gasteiger partial charge in [0, 0.05) is 12.6 Å². The van der Waals surface area contributed by atoms with Gasteiger partial charge in [0.2, 0.25) is 5.91 Å². The Labute approximate surface area is 163 Å². The molecule has 146 valence electrons. The van der Waals surface area contributed by atoms with Gasteiger partial charge in [-0.3, -0.25) is 4.79 Å². The topological polar surface area (TPSA) is 78.3 Å². The van der Waals surface area contributed by atoms with E-state index >= 15 is 0 Å². The molecule has 0 spiro atoms. The monoisotopic (exact) mass is 390 g/mol. The number of ether oxygens (including phenoxy) is 2. The molecule has 0 aliphatic heterocycles. The van der Waals surface area contributed by atoms with Crippen molar-refractivity contribution in [3.8, 4) is 11.5 Å². The Bertz CT molecular complexity index is 742. The minimum Gasteiger partial charge on any atom is -0.497 e. The number of nitrogens with zero attached hydrogens (tertiary/aromatic N) is 3. The Morgan fingerprint density at radius 1 is 1.22 bits per heavy atom. The van der Waals surface area contributed by atoms with Crippen LogP contribution >= 0.6 is 11.8 Å². The van der Waals surface area contributed by atoms with Crippen molar-refractivity contribution in [2.75, 3.05) is 12.9 Å². The molecular formula is C19H26N4O3S. The van der Waals surface area contributed by atoms with E-state index in [1.165, 1.54) is 24.6 Å². The highest BCUT2D eigenvalue weighted by molar-refractivity contribution is 7.99. The lowest BCUT2D eigenvalue weighted by Crippen LogP contribution is -2.33. The number of aromatic nitrogens is 3. The van der Waals surface area contributed by atoms with Gasteiger partial charge < -0.3 is 19.4 Å². The zero-order valence-corrected chi connectivity index (χ0v) is 16.6. The van der Waals surface area contributed by atoms with Gasteiger partial charge in [0.1, 0.15) is 18.1 Å². The first-order chi connectivity index (χ1) is 13.2. The summed E-state index contributed by atoms with van der Waals surface area (Å²) in [5.74, 6) is 2.69. The van der Waals surface area contributed by atoms with Crippen LogP contribution in [0, 0.1) is 0 Å². The van der Waals surface area contributed by atoms with Gasteiger partial charge in [-0.25, -0.2) is 0 Å². The van der Waals surface area contributed by atoms with E-state index in [0.717, 1.165) is 41.9 Å². The average molecular weight is 391 g/mol. The Morgan fingerprint density at radius 3 is 2.59 bits per heavy atom. The Hall–Kier alpha value is -2.22. The summed E-state index contributed by atoms with van der Waals surface area (Å²) < 4.78 is 12.9. The molecule has 7 nitrogen and oxygen atoms in total. The van der Waals surface area contributed by atoms with E-state index in [1.54, 1.807) is 7.11 Å². The first-order valence-corrected chi connectivity index (χ1v) is 10.3. The van der Waals surface area contributed by atoms with Gasteiger partial charge in [0.05, 0.1) is 12.9 Å². The maximum absolute atomic E-state index is 12.1. The Balaban J connectivity index is 1.52. The lowest BCUT2D eigenvalue weighted by Gasteiger charge is -2.12. The van der Waals surface area contributed by atoms with Gasteiger partial charge >= 0.3 is 0 Å². The number of benzene rings is 1. The predicted molar refractivity (Wildman–Crippen MR) is 104 cm³/mol. The molecule has 1 aliphatic carbocycles. The third kappa shape index (κ3) is 5.38. The molecule has 1 aliphatic rings. The molecule has 1 saturated carbocycles. The summed E-state index contributed by atoms with van der Waals surface area (Å²) in [4.78, 5) is 12.1. The summed E-state index contributed by atoms with van der Waals surface area (Å²) in [5.41, 5.74) is 0. The minimum atomic E-state index is 0.0635. The number of hydrogen-bond donors (Lipinski definition) is 1. The largest absolute Gasteiger partial charge is 0.497 e. The minimum absolute atomic E-state index is 0.0635. The molecule has 2 aromatic rings. The number of carbonyl (C=O) groups is 1. The van der Waals surface area contributed by atoms with Crippen LogP contribution in [0.2, 0.25) is 0 Å². The number of nitrogens with one attached hydrogen (secondary N) is 1. The van der Waals surface area contributed by atoms with E-state index in [4.69, 9.17) is 9.47 Å². The number of hydrogen-bond acceptors (Lipinski definition) is 6. The van der Waals surface area contributed by atoms with Crippen LogP contribution < -0.4 is 14.8 Å². The summed E-state index contributed by atoms with van der Waals surface area (Å²) in [6.07, 6.45) is 4.60. The van der Waals surface area contributed by atoms with E-state index in [9.17, 15) is 4.79 Å². The number of methoxy groups -OCH3 is 1. The molecule has 0 unspecified atom stereocenters. The van der Waals surface area contributed by atoms with Crippen molar-refractivity contribution < 1.29 is 14.3 Å². The second kappa shape index (κ2) is 9.64. The van der Waals surface area contributed by atoms with E-state index in [2.05, 4.69) is 15.5 Å². The molecule has 0 saturated heterocycles. The molecule has 1 aromatic carbocycles. The van der Waals surface area contributed by atoms with Crippen molar-refractivity contribution in [2.45, 2.75) is 57.0 Å². The number of rotatable bonds is 9. The summed E-state index contributed by atoms with van der Waals surface area (Å²) in [6, 6.07) is 7.76. The van der Waals surface area contributed by atoms with Gasteiger partial charge in [-0.05, 0) is 44.0 Å². The van der Waals surface area contributed by atoms with Crippen LogP contribution in [0.5, 0.6) is 11.5 Å². The molecule has 0 atom stereocenters. The van der Waals surface area contributed by atoms with Crippen LogP contribution in [0.4, 0.5) is 0 Å². The molecule has 1 aromatic heterocycles. The summed E-state index contributed by atoms with van der Waals surface area (Å²) in [6.45, 7) is 3.08. The highest BCUT2D eigenvalue weighted by Crippen LogP contribution is 2.21. The summed E-state index contributed by atoms with van der Waals surface area (Å²) in [5, 5.41) is 12.3. The summed E-state index contributed by atoms with van der Waals surface area (Å²) in [7, 11) is 1.63. The fourth-order valence-electron chi connectivity index (χ4n) is 3.14. The van der Waals surface area contributed by atoms with Crippen molar-refractivity contribution in [2.24, 2.45) is 0 Å². The molecule has 1 amide bonds. The first-order valence-electron chi connectivity index (χ1n) is 9.30. The fraction of sp³-hybridized carbons (Fsp3) is 0.526. The van der Waals surface area contributed by atoms with Crippen LogP contribution in [0.3, 0.4) is 0 Å². The Kier molecular flexibility index (Phi) is 6.98. The third-order valence-corrected chi connectivity index (χ3v) is 5.56. The maximum Gasteiger partial charge on any atom is 0.230 e. The zero-order valence-electron chi connectivity index (χ0n) is 15.8. The fourth-order valence-corrected chi connectivity index (χ4v) is 3.97. The van der Waals surface area contributed by atoms with Crippen LogP contribution in [-0.2, 0) is 17.9 Å². The van der Waals surface area contributed by atoms with Crippen molar-refractivity contribution in [1.82, 2.24) is 20.1 Å². The van der Waals surface area contributed by atoms with E-state index < -0.39 is 0 Å². The molecule has 8 heteroatoms. The molecule has 1 fully saturated rings. The predicted octanol–water partition coefficient (Wildman–Crippen LogP) is 3.04. The van der Waals surface area contributed by atoms with Crippen LogP contribution in [0.15, 0.2) is 29.4 Å². The third-order valence-electron chi connectivity index (χ3n) is 4.59. The van der Waals surface area contributed by atoms with Crippen LogP contribution in [0.1, 0.15) is 38.4 Å². The Morgan fingerprint density at radius 2 is 1.93 bits per heavy atom. The lowest BCUT2D eigenvalue weighted by molar-refractivity contribution is -0.119. The van der Waals surface area contributed by atoms with E-state index in [1.807, 2.05) is 35.8 Å². The number of carbonyl (C=O) groups excluding carboxylic acids is 1. The van der Waals surface area contributed by atoms with Gasteiger partial charge in [-0.2, -0.15) is 0 Å². The second-order valence-corrected chi connectivity index (χ2v) is 7.39. The van der Waals surface area contributed by atoms with Crippen molar-refractivity contribution in [1.29, 1.82) is 0 Å². The molecule has 27 heavy (non-hydrogen) atoms. The smallest absolute Gasteiger partial charge is 0.230 e. The second-order valence-electron chi connectivity index (χ2n) is 6.44. The van der Waals surface area contributed by atoms with Crippen LogP contribution in [0.25, 0.3) is 0 Å².